The van der Waals surface area contributed by atoms with Gasteiger partial charge >= 0.3 is 0 Å². The number of carbonyl (C=O) groups is 1. The van der Waals surface area contributed by atoms with E-state index < -0.39 is 28.3 Å². The van der Waals surface area contributed by atoms with Gasteiger partial charge in [-0.25, -0.2) is 12.8 Å². The maximum absolute atomic E-state index is 14.5. The molecular weight excluding hydrogens is 443 g/mol. The molecule has 0 spiro atoms. The highest BCUT2D eigenvalue weighted by atomic mass is 32.2. The number of carbonyl (C=O) groups excluding carboxylic acids is 1. The van der Waals surface area contributed by atoms with E-state index in [0.29, 0.717) is 5.69 Å². The number of nitrogens with one attached hydrogen (secondary N) is 1. The number of nitrogens with zero attached hydrogens (tertiary/aromatic N) is 1. The maximum atomic E-state index is 14.5. The van der Waals surface area contributed by atoms with Gasteiger partial charge in [0.05, 0.1) is 16.7 Å². The van der Waals surface area contributed by atoms with Crippen LogP contribution < -0.4 is 14.4 Å². The number of para-hydroxylation sites is 1. The van der Waals surface area contributed by atoms with E-state index >= 15 is 0 Å². The number of sulfonamides is 1. The number of rotatable bonds is 8. The van der Waals surface area contributed by atoms with E-state index in [9.17, 15) is 17.6 Å². The molecule has 1 saturated carbocycles. The Bertz CT molecular complexity index is 1190. The molecule has 0 bridgehead atoms. The molecule has 33 heavy (non-hydrogen) atoms. The summed E-state index contributed by atoms with van der Waals surface area (Å²) in [6.07, 6.45) is 4.65. The summed E-state index contributed by atoms with van der Waals surface area (Å²) in [5.41, 5.74) is 0.293. The molecule has 8 heteroatoms. The van der Waals surface area contributed by atoms with Crippen LogP contribution in [0.1, 0.15) is 25.7 Å². The van der Waals surface area contributed by atoms with Crippen LogP contribution in [0.4, 0.5) is 15.8 Å². The van der Waals surface area contributed by atoms with Crippen molar-refractivity contribution in [1.29, 1.82) is 0 Å². The van der Waals surface area contributed by atoms with Crippen LogP contribution in [0.15, 0.2) is 83.8 Å². The van der Waals surface area contributed by atoms with Gasteiger partial charge in [0.1, 0.15) is 18.1 Å². The van der Waals surface area contributed by atoms with Crippen molar-refractivity contribution >= 4 is 27.3 Å². The topological polar surface area (TPSA) is 75.7 Å². The SMILES string of the molecule is O=C(CN(c1ccccc1F)S(=O)(=O)c1ccccc1)Nc1ccc(OC2CCCC2)cc1. The highest BCUT2D eigenvalue weighted by molar-refractivity contribution is 7.92. The van der Waals surface area contributed by atoms with E-state index in [0.717, 1.165) is 29.0 Å². The minimum Gasteiger partial charge on any atom is -0.490 e. The summed E-state index contributed by atoms with van der Waals surface area (Å²) in [4.78, 5) is 12.7. The van der Waals surface area contributed by atoms with Crippen LogP contribution in [-0.4, -0.2) is 27.0 Å². The maximum Gasteiger partial charge on any atom is 0.264 e. The first-order valence-electron chi connectivity index (χ1n) is 10.8. The van der Waals surface area contributed by atoms with E-state index in [1.165, 1.54) is 43.2 Å². The van der Waals surface area contributed by atoms with Crippen LogP contribution in [-0.2, 0) is 14.8 Å². The summed E-state index contributed by atoms with van der Waals surface area (Å²) in [7, 11) is -4.17. The van der Waals surface area contributed by atoms with Gasteiger partial charge in [-0.05, 0) is 74.2 Å². The van der Waals surface area contributed by atoms with Crippen molar-refractivity contribution in [3.8, 4) is 5.75 Å². The average Bonchev–Trinajstić information content (AvgIpc) is 3.33. The first kappa shape index (κ1) is 22.8. The van der Waals surface area contributed by atoms with E-state index in [2.05, 4.69) is 5.32 Å². The molecule has 1 aliphatic rings. The number of halogens is 1. The summed E-state index contributed by atoms with van der Waals surface area (Å²) < 4.78 is 47.7. The second-order valence-electron chi connectivity index (χ2n) is 7.87. The van der Waals surface area contributed by atoms with E-state index in [4.69, 9.17) is 4.74 Å². The van der Waals surface area contributed by atoms with E-state index in [-0.39, 0.29) is 16.7 Å². The van der Waals surface area contributed by atoms with Crippen LogP contribution in [0.2, 0.25) is 0 Å². The molecule has 1 amide bonds. The lowest BCUT2D eigenvalue weighted by Gasteiger charge is -2.24. The number of amides is 1. The van der Waals surface area contributed by atoms with E-state index in [1.807, 2.05) is 0 Å². The molecule has 172 valence electrons. The normalized spacial score (nSPS) is 14.1. The van der Waals surface area contributed by atoms with Crippen molar-refractivity contribution in [3.63, 3.8) is 0 Å². The van der Waals surface area contributed by atoms with Gasteiger partial charge in [0.2, 0.25) is 5.91 Å². The second kappa shape index (κ2) is 10.0. The predicted octanol–water partition coefficient (Wildman–Crippen LogP) is 4.98. The zero-order chi connectivity index (χ0) is 23.3. The number of anilines is 2. The third kappa shape index (κ3) is 5.51. The van der Waals surface area contributed by atoms with Crippen molar-refractivity contribution in [1.82, 2.24) is 0 Å². The first-order valence-corrected chi connectivity index (χ1v) is 12.3. The van der Waals surface area contributed by atoms with Crippen molar-refractivity contribution in [2.45, 2.75) is 36.7 Å². The van der Waals surface area contributed by atoms with E-state index in [1.54, 1.807) is 42.5 Å². The highest BCUT2D eigenvalue weighted by Crippen LogP contribution is 2.27. The lowest BCUT2D eigenvalue weighted by Crippen LogP contribution is -2.38. The van der Waals surface area contributed by atoms with Gasteiger partial charge in [0, 0.05) is 5.69 Å². The Labute approximate surface area is 193 Å². The van der Waals surface area contributed by atoms with Crippen molar-refractivity contribution in [2.24, 2.45) is 0 Å². The fourth-order valence-corrected chi connectivity index (χ4v) is 5.27. The summed E-state index contributed by atoms with van der Waals surface area (Å²) in [5.74, 6) is -0.611. The van der Waals surface area contributed by atoms with Gasteiger partial charge < -0.3 is 10.1 Å². The van der Waals surface area contributed by atoms with Gasteiger partial charge in [0.25, 0.3) is 10.0 Å². The van der Waals surface area contributed by atoms with Crippen molar-refractivity contribution in [3.05, 3.63) is 84.7 Å². The van der Waals surface area contributed by atoms with Crippen LogP contribution in [0.3, 0.4) is 0 Å². The summed E-state index contributed by atoms with van der Waals surface area (Å²) >= 11 is 0. The largest absolute Gasteiger partial charge is 0.490 e. The van der Waals surface area contributed by atoms with Crippen molar-refractivity contribution in [2.75, 3.05) is 16.2 Å². The highest BCUT2D eigenvalue weighted by Gasteiger charge is 2.29. The number of benzene rings is 3. The minimum absolute atomic E-state index is 0.0329. The molecule has 1 aliphatic carbocycles. The molecule has 1 fully saturated rings. The molecule has 3 aromatic rings. The van der Waals surface area contributed by atoms with Gasteiger partial charge in [-0.3, -0.25) is 9.10 Å². The lowest BCUT2D eigenvalue weighted by molar-refractivity contribution is -0.114. The predicted molar refractivity (Wildman–Crippen MR) is 125 cm³/mol. The van der Waals surface area contributed by atoms with Crippen LogP contribution >= 0.6 is 0 Å². The molecule has 1 N–H and O–H groups in total. The number of hydrogen-bond donors (Lipinski definition) is 1. The minimum atomic E-state index is -4.17. The third-order valence-corrected chi connectivity index (χ3v) is 7.26. The van der Waals surface area contributed by atoms with Gasteiger partial charge in [0.15, 0.2) is 0 Å². The Morgan fingerprint density at radius 1 is 0.939 bits per heavy atom. The fraction of sp³-hybridized carbons (Fsp3) is 0.240. The smallest absolute Gasteiger partial charge is 0.264 e. The summed E-state index contributed by atoms with van der Waals surface area (Å²) in [6.45, 7) is -0.585. The molecule has 0 radical (unpaired) electrons. The quantitative estimate of drug-likeness (QED) is 0.506. The Morgan fingerprint density at radius 2 is 1.58 bits per heavy atom. The molecule has 3 aromatic carbocycles. The molecule has 0 saturated heterocycles. The Morgan fingerprint density at radius 3 is 2.24 bits per heavy atom. The third-order valence-electron chi connectivity index (χ3n) is 5.48. The Balaban J connectivity index is 1.51. The molecule has 0 heterocycles. The molecule has 0 unspecified atom stereocenters. The molecule has 0 aliphatic heterocycles. The zero-order valence-corrected chi connectivity index (χ0v) is 18.8. The van der Waals surface area contributed by atoms with Gasteiger partial charge in [-0.2, -0.15) is 0 Å². The van der Waals surface area contributed by atoms with Crippen LogP contribution in [0, 0.1) is 5.82 Å². The monoisotopic (exact) mass is 468 g/mol. The molecular formula is C25H25FN2O4S. The second-order valence-corrected chi connectivity index (χ2v) is 9.74. The number of ether oxygens (including phenoxy) is 1. The fourth-order valence-electron chi connectivity index (χ4n) is 3.82. The molecule has 4 rings (SSSR count). The standard InChI is InChI=1S/C25H25FN2O4S/c26-23-12-6-7-13-24(23)28(33(30,31)22-10-2-1-3-11-22)18-25(29)27-19-14-16-21(17-15-19)32-20-8-4-5-9-20/h1-3,6-7,10-17,20H,4-5,8-9,18H2,(H,27,29). The number of hydrogen-bond acceptors (Lipinski definition) is 4. The van der Waals surface area contributed by atoms with Crippen LogP contribution in [0.5, 0.6) is 5.75 Å². The molecule has 0 atom stereocenters. The average molecular weight is 469 g/mol. The van der Waals surface area contributed by atoms with Gasteiger partial charge in [-0.1, -0.05) is 30.3 Å². The summed E-state index contributed by atoms with van der Waals surface area (Å²) in [6, 6.07) is 20.0. The lowest BCUT2D eigenvalue weighted by atomic mass is 10.2. The zero-order valence-electron chi connectivity index (χ0n) is 18.0. The van der Waals surface area contributed by atoms with Gasteiger partial charge in [-0.15, -0.1) is 0 Å². The molecule has 6 nitrogen and oxygen atoms in total. The first-order chi connectivity index (χ1) is 15.9. The van der Waals surface area contributed by atoms with Crippen molar-refractivity contribution < 1.29 is 22.3 Å². The van der Waals surface area contributed by atoms with Crippen LogP contribution in [0.25, 0.3) is 0 Å². The Kier molecular flexibility index (Phi) is 6.93. The summed E-state index contributed by atoms with van der Waals surface area (Å²) in [5, 5.41) is 2.68. The Hall–Kier alpha value is -3.39. The molecule has 0 aromatic heterocycles.